The molecule has 0 unspecified atom stereocenters. The second-order valence-electron chi connectivity index (χ2n) is 4.67. The van der Waals surface area contributed by atoms with Crippen LogP contribution in [0, 0.1) is 0 Å². The Morgan fingerprint density at radius 1 is 1.32 bits per heavy atom. The van der Waals surface area contributed by atoms with Gasteiger partial charge in [-0.25, -0.2) is 4.98 Å². The zero-order chi connectivity index (χ0) is 13.7. The van der Waals surface area contributed by atoms with Gasteiger partial charge in [0.2, 0.25) is 0 Å². The van der Waals surface area contributed by atoms with Crippen molar-refractivity contribution in [3.05, 3.63) is 48.0 Å². The third-order valence-corrected chi connectivity index (χ3v) is 2.88. The highest BCUT2D eigenvalue weighted by atomic mass is 16.5. The Balaban J connectivity index is 1.88. The van der Waals surface area contributed by atoms with E-state index in [1.165, 1.54) is 0 Å². The highest BCUT2D eigenvalue weighted by Gasteiger charge is 2.06. The van der Waals surface area contributed by atoms with E-state index in [1.807, 2.05) is 12.4 Å². The van der Waals surface area contributed by atoms with Crippen molar-refractivity contribution >= 4 is 6.29 Å². The van der Waals surface area contributed by atoms with Gasteiger partial charge in [-0.2, -0.15) is 0 Å². The molecule has 0 aliphatic heterocycles. The summed E-state index contributed by atoms with van der Waals surface area (Å²) >= 11 is 0. The van der Waals surface area contributed by atoms with E-state index in [0.717, 1.165) is 24.4 Å². The predicted molar refractivity (Wildman–Crippen MR) is 73.6 cm³/mol. The van der Waals surface area contributed by atoms with Gasteiger partial charge >= 0.3 is 0 Å². The number of carbonyl (C=O) groups is 1. The number of aromatic nitrogens is 2. The molecule has 0 amide bonds. The lowest BCUT2D eigenvalue weighted by Gasteiger charge is -2.11. The molecule has 0 aliphatic rings. The Bertz CT molecular complexity index is 529. The summed E-state index contributed by atoms with van der Waals surface area (Å²) in [6.07, 6.45) is 4.60. The van der Waals surface area contributed by atoms with Crippen molar-refractivity contribution in [1.82, 2.24) is 9.55 Å². The molecule has 2 rings (SSSR count). The molecule has 0 radical (unpaired) electrons. The van der Waals surface area contributed by atoms with Crippen molar-refractivity contribution < 1.29 is 9.53 Å². The molecular weight excluding hydrogens is 240 g/mol. The quantitative estimate of drug-likeness (QED) is 0.748. The summed E-state index contributed by atoms with van der Waals surface area (Å²) in [7, 11) is 0. The summed E-state index contributed by atoms with van der Waals surface area (Å²) in [5, 5.41) is 0. The zero-order valence-electron chi connectivity index (χ0n) is 11.2. The number of aldehydes is 1. The van der Waals surface area contributed by atoms with Gasteiger partial charge in [0.1, 0.15) is 24.5 Å². The number of ether oxygens (including phenoxy) is 1. The van der Waals surface area contributed by atoms with Gasteiger partial charge in [-0.05, 0) is 24.3 Å². The largest absolute Gasteiger partial charge is 0.492 e. The van der Waals surface area contributed by atoms with Crippen LogP contribution in [0.3, 0.4) is 0 Å². The first-order valence-corrected chi connectivity index (χ1v) is 6.40. The summed E-state index contributed by atoms with van der Waals surface area (Å²) in [5.74, 6) is 2.25. The smallest absolute Gasteiger partial charge is 0.150 e. The molecule has 1 aromatic heterocycles. The molecule has 2 aromatic rings. The van der Waals surface area contributed by atoms with Gasteiger partial charge in [0.15, 0.2) is 0 Å². The number of nitrogens with zero attached hydrogens (tertiary/aromatic N) is 2. The van der Waals surface area contributed by atoms with Crippen LogP contribution in [0.1, 0.15) is 35.9 Å². The number of hydrogen-bond acceptors (Lipinski definition) is 3. The second kappa shape index (κ2) is 6.18. The van der Waals surface area contributed by atoms with Gasteiger partial charge in [0, 0.05) is 23.9 Å². The van der Waals surface area contributed by atoms with Gasteiger partial charge in [-0.15, -0.1) is 0 Å². The standard InChI is InChI=1S/C15H18N2O2/c1-12(2)15-16-7-8-17(15)9-10-19-14-5-3-13(11-18)4-6-14/h3-8,11-12H,9-10H2,1-2H3. The summed E-state index contributed by atoms with van der Waals surface area (Å²) in [4.78, 5) is 14.9. The summed E-state index contributed by atoms with van der Waals surface area (Å²) < 4.78 is 7.75. The van der Waals surface area contributed by atoms with Crippen molar-refractivity contribution in [2.24, 2.45) is 0 Å². The maximum Gasteiger partial charge on any atom is 0.150 e. The predicted octanol–water partition coefficient (Wildman–Crippen LogP) is 2.90. The maximum absolute atomic E-state index is 10.5. The van der Waals surface area contributed by atoms with Crippen LogP contribution in [0.5, 0.6) is 5.75 Å². The molecule has 1 heterocycles. The van der Waals surface area contributed by atoms with Gasteiger partial charge in [-0.3, -0.25) is 4.79 Å². The molecule has 4 nitrogen and oxygen atoms in total. The van der Waals surface area contributed by atoms with Crippen LogP contribution in [0.2, 0.25) is 0 Å². The van der Waals surface area contributed by atoms with Crippen molar-refractivity contribution in [2.45, 2.75) is 26.3 Å². The normalized spacial score (nSPS) is 10.7. The van der Waals surface area contributed by atoms with E-state index in [0.29, 0.717) is 18.1 Å². The lowest BCUT2D eigenvalue weighted by Crippen LogP contribution is -2.11. The molecule has 0 atom stereocenters. The molecule has 0 spiro atoms. The minimum absolute atomic E-state index is 0.405. The highest BCUT2D eigenvalue weighted by molar-refractivity contribution is 5.74. The Kier molecular flexibility index (Phi) is 4.34. The average molecular weight is 258 g/mol. The Morgan fingerprint density at radius 3 is 2.68 bits per heavy atom. The van der Waals surface area contributed by atoms with E-state index in [1.54, 1.807) is 24.3 Å². The fraction of sp³-hybridized carbons (Fsp3) is 0.333. The molecule has 0 N–H and O–H groups in total. The number of imidazole rings is 1. The summed E-state index contributed by atoms with van der Waals surface area (Å²) in [6.45, 7) is 5.59. The summed E-state index contributed by atoms with van der Waals surface area (Å²) in [5.41, 5.74) is 0.657. The van der Waals surface area contributed by atoms with E-state index in [4.69, 9.17) is 4.74 Å². The van der Waals surface area contributed by atoms with E-state index in [9.17, 15) is 4.79 Å². The highest BCUT2D eigenvalue weighted by Crippen LogP contribution is 2.13. The molecule has 1 aromatic carbocycles. The van der Waals surface area contributed by atoms with E-state index in [-0.39, 0.29) is 0 Å². The minimum atomic E-state index is 0.405. The van der Waals surface area contributed by atoms with Crippen LogP contribution in [-0.4, -0.2) is 22.4 Å². The molecule has 0 saturated heterocycles. The first-order chi connectivity index (χ1) is 9.20. The molecule has 0 saturated carbocycles. The number of hydrogen-bond donors (Lipinski definition) is 0. The van der Waals surface area contributed by atoms with E-state index < -0.39 is 0 Å². The fourth-order valence-corrected chi connectivity index (χ4v) is 1.91. The molecule has 0 aliphatic carbocycles. The average Bonchev–Trinajstić information content (AvgIpc) is 2.88. The van der Waals surface area contributed by atoms with Crippen molar-refractivity contribution in [3.8, 4) is 5.75 Å². The third-order valence-electron chi connectivity index (χ3n) is 2.88. The van der Waals surface area contributed by atoms with Crippen LogP contribution in [-0.2, 0) is 6.54 Å². The lowest BCUT2D eigenvalue weighted by molar-refractivity contribution is 0.112. The zero-order valence-corrected chi connectivity index (χ0v) is 11.2. The van der Waals surface area contributed by atoms with Crippen LogP contribution in [0.15, 0.2) is 36.7 Å². The van der Waals surface area contributed by atoms with Gasteiger partial charge in [-0.1, -0.05) is 13.8 Å². The van der Waals surface area contributed by atoms with E-state index in [2.05, 4.69) is 23.4 Å². The summed E-state index contributed by atoms with van der Waals surface area (Å²) in [6, 6.07) is 7.11. The molecule has 0 fully saturated rings. The van der Waals surface area contributed by atoms with Crippen molar-refractivity contribution in [2.75, 3.05) is 6.61 Å². The second-order valence-corrected chi connectivity index (χ2v) is 4.67. The first kappa shape index (κ1) is 13.3. The molecule has 100 valence electrons. The third kappa shape index (κ3) is 3.44. The Hall–Kier alpha value is -2.10. The van der Waals surface area contributed by atoms with Crippen molar-refractivity contribution in [1.29, 1.82) is 0 Å². The first-order valence-electron chi connectivity index (χ1n) is 6.40. The van der Waals surface area contributed by atoms with Crippen LogP contribution in [0.25, 0.3) is 0 Å². The number of carbonyl (C=O) groups excluding carboxylic acids is 1. The molecule has 4 heteroatoms. The van der Waals surface area contributed by atoms with E-state index >= 15 is 0 Å². The lowest BCUT2D eigenvalue weighted by atomic mass is 10.2. The maximum atomic E-state index is 10.5. The monoisotopic (exact) mass is 258 g/mol. The number of benzene rings is 1. The van der Waals surface area contributed by atoms with Crippen molar-refractivity contribution in [3.63, 3.8) is 0 Å². The van der Waals surface area contributed by atoms with Crippen LogP contribution < -0.4 is 4.74 Å². The minimum Gasteiger partial charge on any atom is -0.492 e. The topological polar surface area (TPSA) is 44.1 Å². The van der Waals surface area contributed by atoms with Gasteiger partial charge in [0.25, 0.3) is 0 Å². The number of rotatable bonds is 6. The SMILES string of the molecule is CC(C)c1nccn1CCOc1ccc(C=O)cc1. The molecule has 19 heavy (non-hydrogen) atoms. The van der Waals surface area contributed by atoms with Crippen LogP contribution >= 0.6 is 0 Å². The Labute approximate surface area is 113 Å². The molecular formula is C15H18N2O2. The van der Waals surface area contributed by atoms with Crippen LogP contribution in [0.4, 0.5) is 0 Å². The Morgan fingerprint density at radius 2 is 2.05 bits per heavy atom. The molecule has 0 bridgehead atoms. The van der Waals surface area contributed by atoms with Gasteiger partial charge < -0.3 is 9.30 Å². The van der Waals surface area contributed by atoms with Gasteiger partial charge in [0.05, 0.1) is 6.54 Å². The fourth-order valence-electron chi connectivity index (χ4n) is 1.91.